The van der Waals surface area contributed by atoms with Crippen molar-refractivity contribution < 1.29 is 9.84 Å². The molecule has 3 nitrogen and oxygen atoms in total. The van der Waals surface area contributed by atoms with Crippen molar-refractivity contribution in [3.63, 3.8) is 0 Å². The Bertz CT molecular complexity index is 531. The van der Waals surface area contributed by atoms with E-state index in [0.29, 0.717) is 12.3 Å². The molecule has 106 valence electrons. The molecule has 0 aliphatic rings. The van der Waals surface area contributed by atoms with Gasteiger partial charge in [0, 0.05) is 35.4 Å². The molecule has 0 aliphatic carbocycles. The zero-order valence-electron chi connectivity index (χ0n) is 11.5. The minimum Gasteiger partial charge on any atom is -0.507 e. The van der Waals surface area contributed by atoms with Gasteiger partial charge in [0.2, 0.25) is 0 Å². The van der Waals surface area contributed by atoms with Gasteiger partial charge in [0.15, 0.2) is 0 Å². The highest BCUT2D eigenvalue weighted by Gasteiger charge is 2.02. The number of hydrogen-bond donors (Lipinski definition) is 2. The number of benzene rings is 2. The Morgan fingerprint density at radius 1 is 1.15 bits per heavy atom. The highest BCUT2D eigenvalue weighted by atomic mass is 32.2. The average molecular weight is 289 g/mol. The van der Waals surface area contributed by atoms with Crippen LogP contribution in [0.15, 0.2) is 53.4 Å². The molecular formula is C16H19NO2S. The summed E-state index contributed by atoms with van der Waals surface area (Å²) < 4.78 is 5.06. The lowest BCUT2D eigenvalue weighted by Gasteiger charge is -2.08. The van der Waals surface area contributed by atoms with Gasteiger partial charge < -0.3 is 15.2 Å². The summed E-state index contributed by atoms with van der Waals surface area (Å²) in [5.74, 6) is 1.94. The largest absolute Gasteiger partial charge is 0.507 e. The van der Waals surface area contributed by atoms with Crippen molar-refractivity contribution in [2.45, 2.75) is 11.4 Å². The summed E-state index contributed by atoms with van der Waals surface area (Å²) in [5.41, 5.74) is 0.885. The van der Waals surface area contributed by atoms with Crippen molar-refractivity contribution in [1.29, 1.82) is 0 Å². The molecule has 4 heteroatoms. The zero-order valence-corrected chi connectivity index (χ0v) is 12.3. The smallest absolute Gasteiger partial charge is 0.123 e. The Kier molecular flexibility index (Phi) is 5.77. The summed E-state index contributed by atoms with van der Waals surface area (Å²) in [6.45, 7) is 1.55. The van der Waals surface area contributed by atoms with Crippen LogP contribution in [-0.4, -0.2) is 24.5 Å². The quantitative estimate of drug-likeness (QED) is 0.606. The van der Waals surface area contributed by atoms with Crippen molar-refractivity contribution >= 4 is 11.8 Å². The zero-order chi connectivity index (χ0) is 14.2. The van der Waals surface area contributed by atoms with Crippen molar-refractivity contribution in [2.75, 3.05) is 19.4 Å². The van der Waals surface area contributed by atoms with Crippen LogP contribution in [-0.2, 0) is 6.54 Å². The van der Waals surface area contributed by atoms with Crippen LogP contribution in [0.1, 0.15) is 5.56 Å². The fourth-order valence-electron chi connectivity index (χ4n) is 1.80. The topological polar surface area (TPSA) is 41.5 Å². The number of phenols is 1. The molecule has 0 heterocycles. The molecule has 2 aromatic rings. The fraction of sp³-hybridized carbons (Fsp3) is 0.250. The number of hydrogen-bond acceptors (Lipinski definition) is 4. The molecule has 0 fully saturated rings. The molecule has 2 N–H and O–H groups in total. The lowest BCUT2D eigenvalue weighted by Crippen LogP contribution is -2.16. The summed E-state index contributed by atoms with van der Waals surface area (Å²) in [5, 5.41) is 13.2. The highest BCUT2D eigenvalue weighted by molar-refractivity contribution is 7.99. The summed E-state index contributed by atoms with van der Waals surface area (Å²) in [7, 11) is 1.59. The lowest BCUT2D eigenvalue weighted by molar-refractivity contribution is 0.406. The second kappa shape index (κ2) is 7.82. The molecule has 0 radical (unpaired) electrons. The Morgan fingerprint density at radius 3 is 2.65 bits per heavy atom. The predicted molar refractivity (Wildman–Crippen MR) is 83.5 cm³/mol. The standard InChI is InChI=1S/C16H19NO2S/c1-19-14-8-7-13(16(18)11-14)12-17-9-10-20-15-5-3-2-4-6-15/h2-8,11,17-18H,9-10,12H2,1H3. The van der Waals surface area contributed by atoms with Crippen LogP contribution >= 0.6 is 11.8 Å². The number of ether oxygens (including phenoxy) is 1. The third kappa shape index (κ3) is 4.47. The summed E-state index contributed by atoms with van der Waals surface area (Å²) in [4.78, 5) is 1.28. The van der Waals surface area contributed by atoms with E-state index in [9.17, 15) is 5.11 Å². The first-order chi connectivity index (χ1) is 9.79. The molecule has 20 heavy (non-hydrogen) atoms. The molecule has 0 unspecified atom stereocenters. The SMILES string of the molecule is COc1ccc(CNCCSc2ccccc2)c(O)c1. The van der Waals surface area contributed by atoms with Gasteiger partial charge in [0.25, 0.3) is 0 Å². The highest BCUT2D eigenvalue weighted by Crippen LogP contribution is 2.23. The van der Waals surface area contributed by atoms with E-state index in [1.165, 1.54) is 4.90 Å². The van der Waals surface area contributed by atoms with E-state index < -0.39 is 0 Å². The molecular weight excluding hydrogens is 270 g/mol. The monoisotopic (exact) mass is 289 g/mol. The number of thioether (sulfide) groups is 1. The van der Waals surface area contributed by atoms with E-state index >= 15 is 0 Å². The minimum absolute atomic E-state index is 0.271. The van der Waals surface area contributed by atoms with Crippen LogP contribution in [0, 0.1) is 0 Å². The van der Waals surface area contributed by atoms with Gasteiger partial charge >= 0.3 is 0 Å². The van der Waals surface area contributed by atoms with Crippen molar-refractivity contribution in [1.82, 2.24) is 5.32 Å². The van der Waals surface area contributed by atoms with Gasteiger partial charge in [0.1, 0.15) is 11.5 Å². The van der Waals surface area contributed by atoms with E-state index in [1.807, 2.05) is 42.1 Å². The molecule has 0 spiro atoms. The molecule has 0 saturated carbocycles. The Morgan fingerprint density at radius 2 is 1.95 bits per heavy atom. The van der Waals surface area contributed by atoms with Crippen molar-refractivity contribution in [3.05, 3.63) is 54.1 Å². The Labute approximate surface area is 124 Å². The number of phenolic OH excluding ortho intramolecular Hbond substituents is 1. The summed E-state index contributed by atoms with van der Waals surface area (Å²) >= 11 is 1.82. The van der Waals surface area contributed by atoms with Gasteiger partial charge in [-0.3, -0.25) is 0 Å². The van der Waals surface area contributed by atoms with E-state index in [0.717, 1.165) is 17.9 Å². The fourth-order valence-corrected chi connectivity index (χ4v) is 2.63. The van der Waals surface area contributed by atoms with Gasteiger partial charge in [-0.15, -0.1) is 11.8 Å². The number of rotatable bonds is 7. The lowest BCUT2D eigenvalue weighted by atomic mass is 10.2. The number of methoxy groups -OCH3 is 1. The third-order valence-electron chi connectivity index (χ3n) is 2.90. The first-order valence-electron chi connectivity index (χ1n) is 6.54. The molecule has 2 aromatic carbocycles. The van der Waals surface area contributed by atoms with Gasteiger partial charge in [-0.1, -0.05) is 24.3 Å². The van der Waals surface area contributed by atoms with Crippen LogP contribution in [0.2, 0.25) is 0 Å². The second-order valence-corrected chi connectivity index (χ2v) is 5.50. The van der Waals surface area contributed by atoms with Gasteiger partial charge in [-0.2, -0.15) is 0 Å². The van der Waals surface area contributed by atoms with Gasteiger partial charge in [-0.25, -0.2) is 0 Å². The molecule has 0 aromatic heterocycles. The molecule has 0 atom stereocenters. The van der Waals surface area contributed by atoms with E-state index in [2.05, 4.69) is 17.4 Å². The number of nitrogens with one attached hydrogen (secondary N) is 1. The Balaban J connectivity index is 1.71. The second-order valence-electron chi connectivity index (χ2n) is 4.33. The van der Waals surface area contributed by atoms with Crippen molar-refractivity contribution in [3.8, 4) is 11.5 Å². The molecule has 0 aliphatic heterocycles. The predicted octanol–water partition coefficient (Wildman–Crippen LogP) is 3.28. The minimum atomic E-state index is 0.271. The van der Waals surface area contributed by atoms with E-state index in [-0.39, 0.29) is 5.75 Å². The molecule has 0 saturated heterocycles. The van der Waals surface area contributed by atoms with Gasteiger partial charge in [0.05, 0.1) is 7.11 Å². The first-order valence-corrected chi connectivity index (χ1v) is 7.52. The third-order valence-corrected chi connectivity index (χ3v) is 3.91. The normalized spacial score (nSPS) is 10.4. The summed E-state index contributed by atoms with van der Waals surface area (Å²) in [6.07, 6.45) is 0. The van der Waals surface area contributed by atoms with Crippen LogP contribution in [0.3, 0.4) is 0 Å². The van der Waals surface area contributed by atoms with Crippen molar-refractivity contribution in [2.24, 2.45) is 0 Å². The van der Waals surface area contributed by atoms with E-state index in [1.54, 1.807) is 13.2 Å². The van der Waals surface area contributed by atoms with Crippen LogP contribution in [0.5, 0.6) is 11.5 Å². The number of aromatic hydroxyl groups is 1. The van der Waals surface area contributed by atoms with Crippen LogP contribution in [0.4, 0.5) is 0 Å². The van der Waals surface area contributed by atoms with E-state index in [4.69, 9.17) is 4.74 Å². The molecule has 2 rings (SSSR count). The summed E-state index contributed by atoms with van der Waals surface area (Å²) in [6, 6.07) is 15.7. The maximum atomic E-state index is 9.83. The maximum Gasteiger partial charge on any atom is 0.123 e. The average Bonchev–Trinajstić information content (AvgIpc) is 2.49. The molecule has 0 bridgehead atoms. The van der Waals surface area contributed by atoms with Crippen LogP contribution < -0.4 is 10.1 Å². The van der Waals surface area contributed by atoms with Crippen LogP contribution in [0.25, 0.3) is 0 Å². The molecule has 0 amide bonds. The Hall–Kier alpha value is -1.65. The first kappa shape index (κ1) is 14.8. The van der Waals surface area contributed by atoms with Gasteiger partial charge in [-0.05, 0) is 18.2 Å². The maximum absolute atomic E-state index is 9.83.